The summed E-state index contributed by atoms with van der Waals surface area (Å²) < 4.78 is 0. The Hall–Kier alpha value is -1.26. The molecule has 1 atom stereocenters. The van der Waals surface area contributed by atoms with Crippen molar-refractivity contribution in [2.75, 3.05) is 13.1 Å². The molecule has 1 heterocycles. The number of rotatable bonds is 3. The van der Waals surface area contributed by atoms with E-state index < -0.39 is 5.54 Å². The molecule has 0 aliphatic carbocycles. The van der Waals surface area contributed by atoms with Crippen molar-refractivity contribution in [2.45, 2.75) is 32.2 Å². The van der Waals surface area contributed by atoms with Gasteiger partial charge >= 0.3 is 0 Å². The number of hydrogen-bond donors (Lipinski definition) is 3. The summed E-state index contributed by atoms with van der Waals surface area (Å²) in [5.41, 5.74) is 4.61. The average molecular weight is 198 g/mol. The first-order valence-corrected chi connectivity index (χ1v) is 4.95. The molecule has 1 amide bonds. The number of hydrogen-bond acceptors (Lipinski definition) is 4. The van der Waals surface area contributed by atoms with E-state index in [0.29, 0.717) is 12.4 Å². The van der Waals surface area contributed by atoms with E-state index in [4.69, 9.17) is 5.73 Å². The molecule has 0 saturated heterocycles. The van der Waals surface area contributed by atoms with E-state index in [1.54, 1.807) is 6.92 Å². The van der Waals surface area contributed by atoms with Gasteiger partial charge < -0.3 is 16.4 Å². The van der Waals surface area contributed by atoms with Gasteiger partial charge in [-0.05, 0) is 19.8 Å². The third-order valence-corrected chi connectivity index (χ3v) is 2.54. The van der Waals surface area contributed by atoms with Crippen LogP contribution in [0.25, 0.3) is 0 Å². The number of nitrogens with zero attached hydrogens (tertiary/aromatic N) is 1. The predicted octanol–water partition coefficient (Wildman–Crippen LogP) is -0.421. The van der Waals surface area contributed by atoms with Crippen molar-refractivity contribution in [2.24, 2.45) is 10.7 Å². The van der Waals surface area contributed by atoms with Gasteiger partial charge in [-0.2, -0.15) is 0 Å². The minimum Gasteiger partial charge on any atom is -0.368 e. The van der Waals surface area contributed by atoms with Gasteiger partial charge in [-0.15, -0.1) is 0 Å². The van der Waals surface area contributed by atoms with E-state index in [1.807, 2.05) is 6.92 Å². The SMILES string of the molecule is CCC(C)(NC1=NCCCN1)C(N)=O. The quantitative estimate of drug-likeness (QED) is 0.576. The third-order valence-electron chi connectivity index (χ3n) is 2.54. The standard InChI is InChI=1S/C9H18N4O/c1-3-9(2,7(10)14)13-8-11-5-4-6-12-8/h3-6H2,1-2H3,(H2,10,14)(H2,11,12,13). The molecule has 0 spiro atoms. The maximum absolute atomic E-state index is 11.2. The zero-order valence-electron chi connectivity index (χ0n) is 8.76. The van der Waals surface area contributed by atoms with Gasteiger partial charge in [-0.3, -0.25) is 9.79 Å². The molecule has 4 N–H and O–H groups in total. The Kier molecular flexibility index (Phi) is 3.33. The topological polar surface area (TPSA) is 79.5 Å². The molecule has 0 fully saturated rings. The van der Waals surface area contributed by atoms with Crippen molar-refractivity contribution >= 4 is 11.9 Å². The summed E-state index contributed by atoms with van der Waals surface area (Å²) in [5, 5.41) is 6.14. The van der Waals surface area contributed by atoms with Gasteiger partial charge in [0.25, 0.3) is 0 Å². The molecule has 80 valence electrons. The molecule has 1 aliphatic heterocycles. The molecule has 5 heteroatoms. The van der Waals surface area contributed by atoms with Gasteiger partial charge in [0, 0.05) is 13.1 Å². The van der Waals surface area contributed by atoms with Crippen LogP contribution in [0.15, 0.2) is 4.99 Å². The van der Waals surface area contributed by atoms with Crippen LogP contribution in [0, 0.1) is 0 Å². The fraction of sp³-hybridized carbons (Fsp3) is 0.778. The Balaban J connectivity index is 2.64. The molecule has 0 aromatic heterocycles. The summed E-state index contributed by atoms with van der Waals surface area (Å²) in [6.45, 7) is 5.40. The molecule has 1 aliphatic rings. The van der Waals surface area contributed by atoms with Gasteiger partial charge in [-0.25, -0.2) is 0 Å². The van der Waals surface area contributed by atoms with Crippen molar-refractivity contribution in [3.63, 3.8) is 0 Å². The largest absolute Gasteiger partial charge is 0.368 e. The Morgan fingerprint density at radius 2 is 2.50 bits per heavy atom. The van der Waals surface area contributed by atoms with Crippen LogP contribution < -0.4 is 16.4 Å². The number of amides is 1. The van der Waals surface area contributed by atoms with Gasteiger partial charge in [0.15, 0.2) is 5.96 Å². The van der Waals surface area contributed by atoms with Gasteiger partial charge in [-0.1, -0.05) is 6.92 Å². The van der Waals surface area contributed by atoms with Crippen molar-refractivity contribution in [1.29, 1.82) is 0 Å². The van der Waals surface area contributed by atoms with Crippen LogP contribution in [0.5, 0.6) is 0 Å². The Bertz CT molecular complexity index is 251. The Labute approximate surface area is 84.1 Å². The highest BCUT2D eigenvalue weighted by atomic mass is 16.1. The lowest BCUT2D eigenvalue weighted by atomic mass is 9.98. The van der Waals surface area contributed by atoms with E-state index >= 15 is 0 Å². The highest BCUT2D eigenvalue weighted by Gasteiger charge is 2.30. The molecule has 0 saturated carbocycles. The fourth-order valence-corrected chi connectivity index (χ4v) is 1.20. The molecule has 0 bridgehead atoms. The van der Waals surface area contributed by atoms with E-state index in [-0.39, 0.29) is 5.91 Å². The maximum atomic E-state index is 11.2. The van der Waals surface area contributed by atoms with Crippen LogP contribution in [0.1, 0.15) is 26.7 Å². The Morgan fingerprint density at radius 1 is 1.79 bits per heavy atom. The fourth-order valence-electron chi connectivity index (χ4n) is 1.20. The molecule has 5 nitrogen and oxygen atoms in total. The first kappa shape index (κ1) is 10.8. The van der Waals surface area contributed by atoms with Crippen LogP contribution in [-0.2, 0) is 4.79 Å². The van der Waals surface area contributed by atoms with E-state index in [9.17, 15) is 4.79 Å². The molecular formula is C9H18N4O. The second-order valence-electron chi connectivity index (χ2n) is 3.69. The summed E-state index contributed by atoms with van der Waals surface area (Å²) in [6.07, 6.45) is 1.67. The minimum absolute atomic E-state index is 0.352. The summed E-state index contributed by atoms with van der Waals surface area (Å²) in [5.74, 6) is 0.328. The van der Waals surface area contributed by atoms with Crippen LogP contribution in [0.3, 0.4) is 0 Å². The maximum Gasteiger partial charge on any atom is 0.242 e. The lowest BCUT2D eigenvalue weighted by Gasteiger charge is -2.29. The molecule has 1 unspecified atom stereocenters. The monoisotopic (exact) mass is 198 g/mol. The minimum atomic E-state index is -0.705. The number of nitrogens with one attached hydrogen (secondary N) is 2. The third kappa shape index (κ3) is 2.37. The van der Waals surface area contributed by atoms with Gasteiger partial charge in [0.05, 0.1) is 0 Å². The highest BCUT2D eigenvalue weighted by molar-refractivity contribution is 5.91. The smallest absolute Gasteiger partial charge is 0.242 e. The number of aliphatic imine (C=N–C) groups is 1. The molecular weight excluding hydrogens is 180 g/mol. The summed E-state index contributed by atoms with van der Waals surface area (Å²) in [4.78, 5) is 15.4. The predicted molar refractivity (Wildman–Crippen MR) is 55.9 cm³/mol. The number of carbonyl (C=O) groups is 1. The molecule has 14 heavy (non-hydrogen) atoms. The highest BCUT2D eigenvalue weighted by Crippen LogP contribution is 2.08. The molecule has 1 rings (SSSR count). The summed E-state index contributed by atoms with van der Waals surface area (Å²) in [6, 6.07) is 0. The van der Waals surface area contributed by atoms with Crippen LogP contribution in [0.4, 0.5) is 0 Å². The number of nitrogens with two attached hydrogens (primary N) is 1. The van der Waals surface area contributed by atoms with Crippen LogP contribution in [-0.4, -0.2) is 30.5 Å². The van der Waals surface area contributed by atoms with E-state index in [2.05, 4.69) is 15.6 Å². The lowest BCUT2D eigenvalue weighted by Crippen LogP contribution is -2.58. The lowest BCUT2D eigenvalue weighted by molar-refractivity contribution is -0.123. The zero-order chi connectivity index (χ0) is 10.6. The second-order valence-corrected chi connectivity index (χ2v) is 3.69. The Morgan fingerprint density at radius 3 is 2.93 bits per heavy atom. The average Bonchev–Trinajstić information content (AvgIpc) is 2.19. The van der Waals surface area contributed by atoms with E-state index in [0.717, 1.165) is 19.5 Å². The van der Waals surface area contributed by atoms with Crippen molar-refractivity contribution in [3.05, 3.63) is 0 Å². The van der Waals surface area contributed by atoms with Gasteiger partial charge in [0.2, 0.25) is 5.91 Å². The van der Waals surface area contributed by atoms with Crippen molar-refractivity contribution in [3.8, 4) is 0 Å². The van der Waals surface area contributed by atoms with Crippen LogP contribution in [0.2, 0.25) is 0 Å². The normalized spacial score (nSPS) is 20.3. The van der Waals surface area contributed by atoms with Crippen molar-refractivity contribution < 1.29 is 4.79 Å². The van der Waals surface area contributed by atoms with Gasteiger partial charge in [0.1, 0.15) is 5.54 Å². The first-order chi connectivity index (χ1) is 6.58. The molecule has 0 aromatic carbocycles. The number of carbonyl (C=O) groups excluding carboxylic acids is 1. The number of primary amides is 1. The van der Waals surface area contributed by atoms with Crippen LogP contribution >= 0.6 is 0 Å². The summed E-state index contributed by atoms with van der Waals surface area (Å²) in [7, 11) is 0. The molecule has 0 radical (unpaired) electrons. The zero-order valence-corrected chi connectivity index (χ0v) is 8.76. The first-order valence-electron chi connectivity index (χ1n) is 4.95. The second kappa shape index (κ2) is 4.30. The number of guanidine groups is 1. The van der Waals surface area contributed by atoms with Crippen molar-refractivity contribution in [1.82, 2.24) is 10.6 Å². The van der Waals surface area contributed by atoms with E-state index in [1.165, 1.54) is 0 Å². The molecule has 0 aromatic rings. The summed E-state index contributed by atoms with van der Waals surface area (Å²) >= 11 is 0.